The Hall–Kier alpha value is 0. The molecule has 162 valence electrons. The molecule has 0 heteroatoms. The van der Waals surface area contributed by atoms with Crippen molar-refractivity contribution < 1.29 is 0 Å². The second-order valence-corrected chi connectivity index (χ2v) is 13.1. The Morgan fingerprint density at radius 1 is 0.786 bits per heavy atom. The van der Waals surface area contributed by atoms with Crippen LogP contribution in [0.4, 0.5) is 0 Å². The van der Waals surface area contributed by atoms with E-state index >= 15 is 0 Å². The summed E-state index contributed by atoms with van der Waals surface area (Å²) < 4.78 is 0. The third kappa shape index (κ3) is 3.51. The minimum Gasteiger partial charge on any atom is -0.0628 e. The Morgan fingerprint density at radius 2 is 1.50 bits per heavy atom. The summed E-state index contributed by atoms with van der Waals surface area (Å²) in [4.78, 5) is 0. The minimum absolute atomic E-state index is 0.670. The van der Waals surface area contributed by atoms with E-state index in [1.165, 1.54) is 32.1 Å². The average Bonchev–Trinajstić information content (AvgIpc) is 2.99. The SMILES string of the molecule is CC(C)CCC[C@H](C)[C@H]1CCC2C3CCC4C[C@@H](C)CC[C@]4(C)C3CC[C@@]21C. The zero-order chi connectivity index (χ0) is 20.1. The monoisotopic (exact) mass is 386 g/mol. The lowest BCUT2D eigenvalue weighted by Gasteiger charge is -2.61. The summed E-state index contributed by atoms with van der Waals surface area (Å²) >= 11 is 0. The number of hydrogen-bond acceptors (Lipinski definition) is 0. The van der Waals surface area contributed by atoms with Gasteiger partial charge < -0.3 is 0 Å². The fourth-order valence-corrected chi connectivity index (χ4v) is 9.50. The molecule has 0 aromatic carbocycles. The molecule has 4 rings (SSSR count). The second-order valence-electron chi connectivity index (χ2n) is 13.1. The van der Waals surface area contributed by atoms with Crippen LogP contribution in [0.5, 0.6) is 0 Å². The van der Waals surface area contributed by atoms with E-state index in [9.17, 15) is 0 Å². The van der Waals surface area contributed by atoms with E-state index in [-0.39, 0.29) is 0 Å². The van der Waals surface area contributed by atoms with Crippen LogP contribution in [-0.2, 0) is 0 Å². The van der Waals surface area contributed by atoms with E-state index in [0.717, 1.165) is 47.3 Å². The van der Waals surface area contributed by atoms with Crippen molar-refractivity contribution in [2.75, 3.05) is 0 Å². The molecule has 0 bridgehead atoms. The summed E-state index contributed by atoms with van der Waals surface area (Å²) in [5.41, 5.74) is 1.36. The minimum atomic E-state index is 0.670. The first-order valence-electron chi connectivity index (χ1n) is 13.3. The van der Waals surface area contributed by atoms with Crippen LogP contribution in [0.25, 0.3) is 0 Å². The van der Waals surface area contributed by atoms with Crippen LogP contribution >= 0.6 is 0 Å². The van der Waals surface area contributed by atoms with Gasteiger partial charge in [-0.3, -0.25) is 0 Å². The summed E-state index contributed by atoms with van der Waals surface area (Å²) in [5.74, 6) is 8.08. The molecule has 0 radical (unpaired) electrons. The fraction of sp³-hybridized carbons (Fsp3) is 1.00. The van der Waals surface area contributed by atoms with Gasteiger partial charge in [0.15, 0.2) is 0 Å². The maximum absolute atomic E-state index is 2.75. The quantitative estimate of drug-likeness (QED) is 0.443. The molecule has 9 atom stereocenters. The van der Waals surface area contributed by atoms with Crippen LogP contribution < -0.4 is 0 Å². The molecule has 28 heavy (non-hydrogen) atoms. The average molecular weight is 387 g/mol. The first-order chi connectivity index (χ1) is 13.3. The Labute approximate surface area is 177 Å². The first-order valence-corrected chi connectivity index (χ1v) is 13.3. The van der Waals surface area contributed by atoms with Gasteiger partial charge in [0.05, 0.1) is 0 Å². The zero-order valence-electron chi connectivity index (χ0n) is 20.1. The van der Waals surface area contributed by atoms with E-state index in [4.69, 9.17) is 0 Å². The molecule has 4 aliphatic carbocycles. The Balaban J connectivity index is 1.46. The Kier molecular flexibility index (Phi) is 6.01. The van der Waals surface area contributed by atoms with Crippen molar-refractivity contribution in [3.8, 4) is 0 Å². The van der Waals surface area contributed by atoms with Gasteiger partial charge in [0.1, 0.15) is 0 Å². The normalized spacial score (nSPS) is 49.4. The molecule has 0 nitrogen and oxygen atoms in total. The molecule has 4 fully saturated rings. The predicted molar refractivity (Wildman–Crippen MR) is 122 cm³/mol. The summed E-state index contributed by atoms with van der Waals surface area (Å²) in [6.07, 6.45) is 18.3. The van der Waals surface area contributed by atoms with Crippen LogP contribution in [0.1, 0.15) is 119 Å². The van der Waals surface area contributed by atoms with E-state index in [0.29, 0.717) is 10.8 Å². The molecule has 0 saturated heterocycles. The van der Waals surface area contributed by atoms with E-state index in [1.807, 2.05) is 0 Å². The lowest BCUT2D eigenvalue weighted by atomic mass is 9.44. The van der Waals surface area contributed by atoms with Crippen molar-refractivity contribution in [3.63, 3.8) is 0 Å². The highest BCUT2D eigenvalue weighted by molar-refractivity contribution is 5.09. The van der Waals surface area contributed by atoms with Crippen molar-refractivity contribution in [2.24, 2.45) is 58.2 Å². The van der Waals surface area contributed by atoms with Crippen molar-refractivity contribution in [2.45, 2.75) is 119 Å². The van der Waals surface area contributed by atoms with Crippen molar-refractivity contribution in [1.29, 1.82) is 0 Å². The standard InChI is InChI=1S/C28H50/c1-19(2)8-7-9-21(4)24-12-13-25-23-11-10-22-18-20(3)14-16-27(22,5)26(23)15-17-28(24,25)6/h19-26H,7-18H2,1-6H3/t20-,21-,22?,23?,24+,25?,26?,27-,28+/m0/s1. The number of fused-ring (bicyclic) bond motifs is 5. The highest BCUT2D eigenvalue weighted by Gasteiger charge is 2.60. The van der Waals surface area contributed by atoms with Gasteiger partial charge in [0, 0.05) is 0 Å². The highest BCUT2D eigenvalue weighted by Crippen LogP contribution is 2.68. The van der Waals surface area contributed by atoms with Gasteiger partial charge in [0.2, 0.25) is 0 Å². The number of rotatable bonds is 5. The van der Waals surface area contributed by atoms with Gasteiger partial charge in [-0.25, -0.2) is 0 Å². The smallest absolute Gasteiger partial charge is 0.0264 e. The summed E-state index contributed by atoms with van der Waals surface area (Å²) in [6.45, 7) is 15.4. The van der Waals surface area contributed by atoms with Gasteiger partial charge in [-0.05, 0) is 110 Å². The molecule has 0 amide bonds. The van der Waals surface area contributed by atoms with Crippen LogP contribution in [0.3, 0.4) is 0 Å². The van der Waals surface area contributed by atoms with E-state index in [1.54, 1.807) is 44.9 Å². The molecule has 0 heterocycles. The maximum atomic E-state index is 2.75. The summed E-state index contributed by atoms with van der Waals surface area (Å²) in [6, 6.07) is 0. The van der Waals surface area contributed by atoms with Gasteiger partial charge >= 0.3 is 0 Å². The molecular formula is C28H50. The van der Waals surface area contributed by atoms with Crippen molar-refractivity contribution in [1.82, 2.24) is 0 Å². The molecule has 0 aliphatic heterocycles. The van der Waals surface area contributed by atoms with Crippen molar-refractivity contribution in [3.05, 3.63) is 0 Å². The van der Waals surface area contributed by atoms with Crippen LogP contribution in [-0.4, -0.2) is 0 Å². The Bertz CT molecular complexity index is 534. The molecule has 0 aromatic heterocycles. The van der Waals surface area contributed by atoms with E-state index in [2.05, 4.69) is 41.5 Å². The van der Waals surface area contributed by atoms with Crippen molar-refractivity contribution >= 4 is 0 Å². The lowest BCUT2D eigenvalue weighted by molar-refractivity contribution is -0.120. The van der Waals surface area contributed by atoms with Crippen LogP contribution in [0, 0.1) is 58.2 Å². The summed E-state index contributed by atoms with van der Waals surface area (Å²) in [5, 5.41) is 0. The van der Waals surface area contributed by atoms with Gasteiger partial charge in [-0.1, -0.05) is 67.2 Å². The molecule has 4 aliphatic rings. The second kappa shape index (κ2) is 7.92. The predicted octanol–water partition coefficient (Wildman–Crippen LogP) is 8.74. The largest absolute Gasteiger partial charge is 0.0628 e. The zero-order valence-corrected chi connectivity index (χ0v) is 20.1. The van der Waals surface area contributed by atoms with Gasteiger partial charge in [-0.2, -0.15) is 0 Å². The topological polar surface area (TPSA) is 0 Å². The highest BCUT2D eigenvalue weighted by atomic mass is 14.6. The number of hydrogen-bond donors (Lipinski definition) is 0. The van der Waals surface area contributed by atoms with E-state index < -0.39 is 0 Å². The first kappa shape index (κ1) is 21.2. The molecule has 0 N–H and O–H groups in total. The third-order valence-electron chi connectivity index (χ3n) is 11.1. The molecule has 0 spiro atoms. The fourth-order valence-electron chi connectivity index (χ4n) is 9.50. The molecule has 0 aromatic rings. The Morgan fingerprint density at radius 3 is 2.25 bits per heavy atom. The maximum Gasteiger partial charge on any atom is -0.0264 e. The van der Waals surface area contributed by atoms with Crippen LogP contribution in [0.15, 0.2) is 0 Å². The molecule has 4 unspecified atom stereocenters. The van der Waals surface area contributed by atoms with Crippen LogP contribution in [0.2, 0.25) is 0 Å². The van der Waals surface area contributed by atoms with Gasteiger partial charge in [-0.15, -0.1) is 0 Å². The lowest BCUT2D eigenvalue weighted by Crippen LogP contribution is -2.53. The molecule has 4 saturated carbocycles. The third-order valence-corrected chi connectivity index (χ3v) is 11.1. The molecular weight excluding hydrogens is 336 g/mol. The van der Waals surface area contributed by atoms with Gasteiger partial charge in [0.25, 0.3) is 0 Å². The summed E-state index contributed by atoms with van der Waals surface area (Å²) in [7, 11) is 0.